The molecule has 2 unspecified atom stereocenters. The highest BCUT2D eigenvalue weighted by Gasteiger charge is 2.57. The van der Waals surface area contributed by atoms with Crippen LogP contribution in [0.5, 0.6) is 0 Å². The van der Waals surface area contributed by atoms with Gasteiger partial charge in [0.05, 0.1) is 68.4 Å². The fourth-order valence-electron chi connectivity index (χ4n) is 10.7. The van der Waals surface area contributed by atoms with Crippen molar-refractivity contribution in [3.63, 3.8) is 0 Å². The van der Waals surface area contributed by atoms with Gasteiger partial charge in [0.1, 0.15) is 17.7 Å². The summed E-state index contributed by atoms with van der Waals surface area (Å²) in [5, 5.41) is 18.3. The van der Waals surface area contributed by atoms with Crippen LogP contribution in [-0.4, -0.2) is 130 Å². The Balaban J connectivity index is 1.20. The third kappa shape index (κ3) is 13.7. The highest BCUT2D eigenvalue weighted by Crippen LogP contribution is 2.47. The van der Waals surface area contributed by atoms with E-state index >= 15 is 8.78 Å². The van der Waals surface area contributed by atoms with Crippen LogP contribution in [0.3, 0.4) is 0 Å². The van der Waals surface area contributed by atoms with E-state index < -0.39 is 121 Å². The van der Waals surface area contributed by atoms with E-state index in [4.69, 9.17) is 9.72 Å². The first-order valence-electron chi connectivity index (χ1n) is 25.6. The number of pyridine rings is 1. The summed E-state index contributed by atoms with van der Waals surface area (Å²) in [7, 11) is 1.71. The van der Waals surface area contributed by atoms with Crippen molar-refractivity contribution in [2.75, 3.05) is 34.0 Å². The van der Waals surface area contributed by atoms with E-state index in [1.807, 2.05) is 17.4 Å². The molecule has 5 heterocycles. The standard InChI is InChI=1S/C54H63F10N7O8/c1-51(2,53(59,60)61)39(23-46(74)77-5)48(75)68-69(25-38-40(55)20-33(21-41(38)56)43-15-16-70(67-43)49(57)58)26-45(73)34(22-44(72)47(66-50(76)78-6)52(3,4)54(62,63)64)17-29-7-9-30(10-8-29)31-11-14-42(65-24-31)32-18-35-12-13-36(19-32)71(35)37-27-79-28-37/h7-11,14-16,20-21,24,32,34-37,39,45,47,49,73H,12-13,17-19,22-23,25-28H2,1-6H3,(H,66,76)(H,68,75)/t32?,34-,35?,36?,39-,45+,47-/m1/s1. The number of aliphatic hydroxyl groups excluding tert-OH is 1. The van der Waals surface area contributed by atoms with E-state index in [9.17, 15) is 59.4 Å². The molecule has 25 heteroatoms. The molecule has 3 N–H and O–H groups in total. The van der Waals surface area contributed by atoms with Gasteiger partial charge in [0.2, 0.25) is 5.91 Å². The number of hydrogen-bond acceptors (Lipinski definition) is 12. The number of piperidine rings is 1. The number of amides is 2. The zero-order valence-electron chi connectivity index (χ0n) is 44.1. The number of halogens is 10. The number of hydrogen-bond donors (Lipinski definition) is 3. The Hall–Kier alpha value is -6.18. The fraction of sp³-hybridized carbons (Fsp3) is 0.556. The minimum absolute atomic E-state index is 0.216. The number of Topliss-reactive ketones (excluding diaryl/α,β-unsaturated/α-hetero) is 1. The predicted molar refractivity (Wildman–Crippen MR) is 264 cm³/mol. The minimum atomic E-state index is -5.15. The number of alkyl carbamates (subject to hydrolysis) is 1. The quantitative estimate of drug-likeness (QED) is 0.0387. The molecule has 15 nitrogen and oxygen atoms in total. The molecular weight excluding hydrogens is 1060 g/mol. The molecule has 0 saturated carbocycles. The Morgan fingerprint density at radius 1 is 0.810 bits per heavy atom. The molecule has 2 amide bonds. The maximum absolute atomic E-state index is 16.1. The van der Waals surface area contributed by atoms with Gasteiger partial charge in [-0.15, -0.1) is 0 Å². The number of methoxy groups -OCH3 is 2. The molecule has 79 heavy (non-hydrogen) atoms. The fourth-order valence-corrected chi connectivity index (χ4v) is 10.7. The summed E-state index contributed by atoms with van der Waals surface area (Å²) in [6, 6.07) is 12.0. The number of ether oxygens (including phenoxy) is 3. The molecule has 2 aromatic heterocycles. The number of nitrogens with zero attached hydrogens (tertiary/aromatic N) is 5. The number of aliphatic hydroxyl groups is 1. The molecule has 432 valence electrons. The lowest BCUT2D eigenvalue weighted by atomic mass is 9.75. The number of alkyl halides is 8. The SMILES string of the molecule is COC(=O)C[C@H](C(=O)NN(Cc1c(F)cc(-c2ccn(C(F)F)n2)cc1F)C[C@H](O)[C@@H](CC(=O)[C@@H](NC(=O)OC)C(C)(C)C(F)(F)F)Cc1ccc(-c2ccc(C3CC4CCC(C3)N4C3COC3)nc2)cc1)C(C)(C)C(F)(F)F. The zero-order valence-corrected chi connectivity index (χ0v) is 44.1. The first-order chi connectivity index (χ1) is 37.0. The largest absolute Gasteiger partial charge is 0.469 e. The second-order valence-electron chi connectivity index (χ2n) is 21.6. The first-order valence-corrected chi connectivity index (χ1v) is 25.6. The monoisotopic (exact) mass is 1130 g/mol. The third-order valence-electron chi connectivity index (χ3n) is 15.8. The molecule has 3 aliphatic heterocycles. The molecular formula is C54H63F10N7O8. The molecule has 2 aromatic carbocycles. The van der Waals surface area contributed by atoms with Crippen LogP contribution in [0.25, 0.3) is 22.4 Å². The smallest absolute Gasteiger partial charge is 0.407 e. The Labute approximate surface area is 449 Å². The van der Waals surface area contributed by atoms with Gasteiger partial charge in [0.15, 0.2) is 5.78 Å². The number of rotatable bonds is 22. The molecule has 3 aliphatic rings. The van der Waals surface area contributed by atoms with Crippen molar-refractivity contribution in [2.45, 2.75) is 134 Å². The maximum Gasteiger partial charge on any atom is 0.407 e. The molecule has 7 rings (SSSR count). The Morgan fingerprint density at radius 3 is 1.92 bits per heavy atom. The summed E-state index contributed by atoms with van der Waals surface area (Å²) in [4.78, 5) is 60.7. The number of nitrogens with one attached hydrogen (secondary N) is 2. The van der Waals surface area contributed by atoms with Gasteiger partial charge in [0.25, 0.3) is 0 Å². The highest BCUT2D eigenvalue weighted by atomic mass is 19.4. The minimum Gasteiger partial charge on any atom is -0.469 e. The van der Waals surface area contributed by atoms with E-state index in [0.29, 0.717) is 74.1 Å². The molecule has 0 spiro atoms. The van der Waals surface area contributed by atoms with Gasteiger partial charge < -0.3 is 24.6 Å². The summed E-state index contributed by atoms with van der Waals surface area (Å²) in [6.07, 6.45) is -9.32. The van der Waals surface area contributed by atoms with E-state index in [0.717, 1.165) is 76.6 Å². The number of ketones is 1. The summed E-state index contributed by atoms with van der Waals surface area (Å²) in [6.45, 7) is -1.17. The van der Waals surface area contributed by atoms with Gasteiger partial charge in [-0.1, -0.05) is 44.2 Å². The molecule has 4 aromatic rings. The lowest BCUT2D eigenvalue weighted by molar-refractivity contribution is -0.231. The van der Waals surface area contributed by atoms with Crippen LogP contribution >= 0.6 is 0 Å². The average Bonchev–Trinajstić information content (AvgIpc) is 4.20. The van der Waals surface area contributed by atoms with Gasteiger partial charge >= 0.3 is 31.0 Å². The molecule has 6 atom stereocenters. The number of benzene rings is 2. The number of aromatic nitrogens is 3. The number of esters is 1. The van der Waals surface area contributed by atoms with Crippen molar-refractivity contribution in [2.24, 2.45) is 22.7 Å². The van der Waals surface area contributed by atoms with Crippen molar-refractivity contribution >= 4 is 23.8 Å². The van der Waals surface area contributed by atoms with Crippen molar-refractivity contribution in [3.8, 4) is 22.4 Å². The molecule has 2 bridgehead atoms. The van der Waals surface area contributed by atoms with Crippen LogP contribution < -0.4 is 10.7 Å². The number of fused-ring (bicyclic) bond motifs is 2. The van der Waals surface area contributed by atoms with Gasteiger partial charge in [-0.2, -0.15) is 40.2 Å². The topological polar surface area (TPSA) is 177 Å². The normalized spacial score (nSPS) is 19.9. The average molecular weight is 1130 g/mol. The highest BCUT2D eigenvalue weighted by molar-refractivity contribution is 5.88. The van der Waals surface area contributed by atoms with Gasteiger partial charge in [0, 0.05) is 72.3 Å². The Bertz CT molecular complexity index is 2750. The maximum atomic E-state index is 16.1. The summed E-state index contributed by atoms with van der Waals surface area (Å²) < 4.78 is 161. The van der Waals surface area contributed by atoms with Crippen LogP contribution in [0.1, 0.15) is 95.5 Å². The van der Waals surface area contributed by atoms with Crippen molar-refractivity contribution in [1.82, 2.24) is 35.4 Å². The summed E-state index contributed by atoms with van der Waals surface area (Å²) in [5.41, 5.74) is -2.52. The second kappa shape index (κ2) is 24.3. The van der Waals surface area contributed by atoms with Crippen LogP contribution in [0.2, 0.25) is 0 Å². The molecule has 3 saturated heterocycles. The Kier molecular flexibility index (Phi) is 18.6. The van der Waals surface area contributed by atoms with E-state index in [2.05, 4.69) is 24.9 Å². The summed E-state index contributed by atoms with van der Waals surface area (Å²) >= 11 is 0. The van der Waals surface area contributed by atoms with Crippen molar-refractivity contribution in [1.29, 1.82) is 0 Å². The van der Waals surface area contributed by atoms with E-state index in [1.54, 1.807) is 30.5 Å². The van der Waals surface area contributed by atoms with Gasteiger partial charge in [-0.05, 0) is 87.3 Å². The van der Waals surface area contributed by atoms with Crippen molar-refractivity contribution < 1.29 is 82.4 Å². The van der Waals surface area contributed by atoms with Gasteiger partial charge in [-0.3, -0.25) is 29.7 Å². The number of carbonyl (C=O) groups excluding carboxylic acids is 4. The lowest BCUT2D eigenvalue weighted by Gasteiger charge is -2.46. The molecule has 0 aliphatic carbocycles. The number of hydrazine groups is 1. The Morgan fingerprint density at radius 2 is 1.42 bits per heavy atom. The van der Waals surface area contributed by atoms with Crippen LogP contribution in [0.4, 0.5) is 48.7 Å². The van der Waals surface area contributed by atoms with E-state index in [-0.39, 0.29) is 28.3 Å². The van der Waals surface area contributed by atoms with Crippen LogP contribution in [0, 0.1) is 34.3 Å². The molecule has 3 fully saturated rings. The van der Waals surface area contributed by atoms with Crippen molar-refractivity contribution in [3.05, 3.63) is 95.4 Å². The lowest BCUT2D eigenvalue weighted by Crippen LogP contribution is -2.57. The predicted octanol–water partition coefficient (Wildman–Crippen LogP) is 9.49. The van der Waals surface area contributed by atoms with Crippen LogP contribution in [0.15, 0.2) is 67.0 Å². The number of carbonyl (C=O) groups is 4. The third-order valence-corrected chi connectivity index (χ3v) is 15.8. The second-order valence-corrected chi connectivity index (χ2v) is 21.6. The molecule has 0 radical (unpaired) electrons. The van der Waals surface area contributed by atoms with Crippen LogP contribution in [-0.2, 0) is 41.6 Å². The first kappa shape index (κ1) is 60.5. The zero-order chi connectivity index (χ0) is 57.9. The summed E-state index contributed by atoms with van der Waals surface area (Å²) in [5.74, 6) is -10.3. The van der Waals surface area contributed by atoms with E-state index in [1.165, 1.54) is 0 Å². The van der Waals surface area contributed by atoms with Gasteiger partial charge in [-0.25, -0.2) is 23.3 Å².